The number of benzene rings is 2. The fourth-order valence-electron chi connectivity index (χ4n) is 1.79. The molecule has 0 fully saturated rings. The largest absolute Gasteiger partial charge is 0.207 e. The Morgan fingerprint density at radius 3 is 1.83 bits per heavy atom. The van der Waals surface area contributed by atoms with Crippen LogP contribution in [0.15, 0.2) is 54.6 Å². The molecule has 0 bridgehead atoms. The predicted octanol–water partition coefficient (Wildman–Crippen LogP) is 5.79. The van der Waals surface area contributed by atoms with Gasteiger partial charge in [0.1, 0.15) is 5.82 Å². The van der Waals surface area contributed by atoms with Crippen molar-refractivity contribution in [2.45, 2.75) is 16.1 Å². The van der Waals surface area contributed by atoms with E-state index in [4.69, 9.17) is 0 Å². The normalized spacial score (nSPS) is 14.2. The van der Waals surface area contributed by atoms with E-state index in [1.165, 1.54) is 17.7 Å². The van der Waals surface area contributed by atoms with Crippen LogP contribution < -0.4 is 0 Å². The van der Waals surface area contributed by atoms with Gasteiger partial charge in [-0.3, -0.25) is 0 Å². The van der Waals surface area contributed by atoms with Gasteiger partial charge in [0.05, 0.1) is 0 Å². The maximum absolute atomic E-state index is 12.9. The van der Waals surface area contributed by atoms with Crippen molar-refractivity contribution in [2.24, 2.45) is 0 Å². The van der Waals surface area contributed by atoms with Crippen LogP contribution >= 0.6 is 31.9 Å². The topological polar surface area (TPSA) is 0 Å². The lowest BCUT2D eigenvalue weighted by Crippen LogP contribution is -1.96. The molecule has 0 amide bonds. The highest BCUT2D eigenvalue weighted by molar-refractivity contribution is 9.09. The second kappa shape index (κ2) is 6.48. The fraction of sp³-hybridized carbons (Fsp3) is 0.200. The Balaban J connectivity index is 2.03. The average Bonchev–Trinajstić information content (AvgIpc) is 2.40. The highest BCUT2D eigenvalue weighted by atomic mass is 79.9. The summed E-state index contributed by atoms with van der Waals surface area (Å²) in [7, 11) is 0. The third kappa shape index (κ3) is 3.66. The number of rotatable bonds is 4. The molecule has 0 aliphatic rings. The molecule has 94 valence electrons. The highest BCUT2D eigenvalue weighted by Gasteiger charge is 2.14. The summed E-state index contributed by atoms with van der Waals surface area (Å²) < 4.78 is 12.9. The average molecular weight is 372 g/mol. The van der Waals surface area contributed by atoms with E-state index in [0.717, 1.165) is 12.0 Å². The summed E-state index contributed by atoms with van der Waals surface area (Å²) in [5.41, 5.74) is 2.35. The molecule has 0 aliphatic carbocycles. The van der Waals surface area contributed by atoms with Crippen molar-refractivity contribution in [3.63, 3.8) is 0 Å². The zero-order valence-corrected chi connectivity index (χ0v) is 12.9. The molecule has 0 saturated heterocycles. The summed E-state index contributed by atoms with van der Waals surface area (Å²) >= 11 is 7.35. The van der Waals surface area contributed by atoms with Gasteiger partial charge in [-0.15, -0.1) is 0 Å². The van der Waals surface area contributed by atoms with Crippen molar-refractivity contribution in [1.29, 1.82) is 0 Å². The summed E-state index contributed by atoms with van der Waals surface area (Å²) in [4.78, 5) is 0.496. The molecule has 0 saturated carbocycles. The molecule has 2 rings (SSSR count). The van der Waals surface area contributed by atoms with E-state index in [1.807, 2.05) is 30.3 Å². The van der Waals surface area contributed by atoms with E-state index in [-0.39, 0.29) is 15.5 Å². The Kier molecular flexibility index (Phi) is 4.95. The Labute approximate surface area is 123 Å². The molecule has 0 spiro atoms. The summed E-state index contributed by atoms with van der Waals surface area (Å²) in [5.74, 6) is -0.197. The van der Waals surface area contributed by atoms with Crippen molar-refractivity contribution >= 4 is 31.9 Å². The third-order valence-corrected chi connectivity index (χ3v) is 4.61. The van der Waals surface area contributed by atoms with Crippen molar-refractivity contribution in [2.75, 3.05) is 0 Å². The quantitative estimate of drug-likeness (QED) is 0.597. The molecule has 2 aromatic carbocycles. The van der Waals surface area contributed by atoms with Gasteiger partial charge in [0.25, 0.3) is 0 Å². The van der Waals surface area contributed by atoms with Crippen LogP contribution in [0.4, 0.5) is 4.39 Å². The first kappa shape index (κ1) is 13.8. The molecule has 0 radical (unpaired) electrons. The van der Waals surface area contributed by atoms with Crippen molar-refractivity contribution in [3.05, 3.63) is 71.5 Å². The smallest absolute Gasteiger partial charge is 0.123 e. The Morgan fingerprint density at radius 2 is 1.28 bits per heavy atom. The van der Waals surface area contributed by atoms with Crippen LogP contribution in [-0.2, 0) is 0 Å². The van der Waals surface area contributed by atoms with Crippen LogP contribution in [0.25, 0.3) is 0 Å². The van der Waals surface area contributed by atoms with Crippen LogP contribution in [-0.4, -0.2) is 0 Å². The minimum atomic E-state index is -0.197. The van der Waals surface area contributed by atoms with E-state index < -0.39 is 0 Å². The number of hydrogen-bond acceptors (Lipinski definition) is 0. The molecule has 0 unspecified atom stereocenters. The number of halogens is 3. The lowest BCUT2D eigenvalue weighted by Gasteiger charge is -2.15. The van der Waals surface area contributed by atoms with E-state index in [1.54, 1.807) is 0 Å². The third-order valence-electron chi connectivity index (χ3n) is 2.81. The first-order valence-electron chi connectivity index (χ1n) is 5.75. The Bertz CT molecular complexity index is 482. The molecule has 2 aromatic rings. The van der Waals surface area contributed by atoms with E-state index in [0.29, 0.717) is 0 Å². The number of alkyl halides is 2. The lowest BCUT2D eigenvalue weighted by molar-refractivity contribution is 0.626. The first-order valence-corrected chi connectivity index (χ1v) is 7.58. The standard InChI is InChI=1S/C15H13Br2F/c16-14(11-4-2-1-3-5-11)10-15(17)12-6-8-13(18)9-7-12/h1-9,14-15H,10H2/t14-,15-/m1/s1. The molecule has 0 aliphatic heterocycles. The zero-order valence-electron chi connectivity index (χ0n) is 9.69. The minimum absolute atomic E-state index is 0.197. The first-order chi connectivity index (χ1) is 8.66. The Morgan fingerprint density at radius 1 is 0.778 bits per heavy atom. The minimum Gasteiger partial charge on any atom is -0.207 e. The van der Waals surface area contributed by atoms with Gasteiger partial charge in [0, 0.05) is 9.65 Å². The molecule has 0 heterocycles. The lowest BCUT2D eigenvalue weighted by atomic mass is 10.0. The van der Waals surface area contributed by atoms with Gasteiger partial charge in [-0.25, -0.2) is 4.39 Å². The predicted molar refractivity (Wildman–Crippen MR) is 80.8 cm³/mol. The SMILES string of the molecule is Fc1ccc([C@H](Br)C[C@@H](Br)c2ccccc2)cc1. The van der Waals surface area contributed by atoms with Gasteiger partial charge in [0.2, 0.25) is 0 Å². The zero-order chi connectivity index (χ0) is 13.0. The molecule has 18 heavy (non-hydrogen) atoms. The molecule has 0 aromatic heterocycles. The van der Waals surface area contributed by atoms with Gasteiger partial charge < -0.3 is 0 Å². The second-order valence-electron chi connectivity index (χ2n) is 4.13. The fourth-order valence-corrected chi connectivity index (χ4v) is 3.65. The monoisotopic (exact) mass is 370 g/mol. The van der Waals surface area contributed by atoms with Crippen LogP contribution in [0, 0.1) is 5.82 Å². The second-order valence-corrected chi connectivity index (χ2v) is 6.34. The highest BCUT2D eigenvalue weighted by Crippen LogP contribution is 2.37. The maximum atomic E-state index is 12.9. The van der Waals surface area contributed by atoms with Gasteiger partial charge in [-0.1, -0.05) is 74.3 Å². The van der Waals surface area contributed by atoms with Crippen LogP contribution in [0.2, 0.25) is 0 Å². The van der Waals surface area contributed by atoms with E-state index in [2.05, 4.69) is 44.0 Å². The maximum Gasteiger partial charge on any atom is 0.123 e. The van der Waals surface area contributed by atoms with Gasteiger partial charge in [-0.2, -0.15) is 0 Å². The van der Waals surface area contributed by atoms with Gasteiger partial charge >= 0.3 is 0 Å². The van der Waals surface area contributed by atoms with Gasteiger partial charge in [-0.05, 0) is 29.7 Å². The van der Waals surface area contributed by atoms with E-state index in [9.17, 15) is 4.39 Å². The van der Waals surface area contributed by atoms with Gasteiger partial charge in [0.15, 0.2) is 0 Å². The summed E-state index contributed by atoms with van der Waals surface area (Å²) in [6.45, 7) is 0. The number of hydrogen-bond donors (Lipinski definition) is 0. The molecule has 2 atom stereocenters. The molecule has 0 N–H and O–H groups in total. The molecular formula is C15H13Br2F. The van der Waals surface area contributed by atoms with E-state index >= 15 is 0 Å². The van der Waals surface area contributed by atoms with Crippen molar-refractivity contribution < 1.29 is 4.39 Å². The molecule has 0 nitrogen and oxygen atoms in total. The van der Waals surface area contributed by atoms with Crippen molar-refractivity contribution in [1.82, 2.24) is 0 Å². The molecular weight excluding hydrogens is 359 g/mol. The van der Waals surface area contributed by atoms with Crippen LogP contribution in [0.5, 0.6) is 0 Å². The van der Waals surface area contributed by atoms with Crippen LogP contribution in [0.1, 0.15) is 27.2 Å². The summed E-state index contributed by atoms with van der Waals surface area (Å²) in [5, 5.41) is 0. The summed E-state index contributed by atoms with van der Waals surface area (Å²) in [6.07, 6.45) is 0.912. The Hall–Kier alpha value is -0.670. The summed E-state index contributed by atoms with van der Waals surface area (Å²) in [6, 6.07) is 16.9. The van der Waals surface area contributed by atoms with Crippen molar-refractivity contribution in [3.8, 4) is 0 Å². The van der Waals surface area contributed by atoms with Crippen LogP contribution in [0.3, 0.4) is 0 Å². The molecule has 3 heteroatoms.